The van der Waals surface area contributed by atoms with Gasteiger partial charge in [0, 0.05) is 0 Å². The first-order chi connectivity index (χ1) is 9.00. The molecule has 1 N–H and O–H groups in total. The van der Waals surface area contributed by atoms with Crippen LogP contribution in [0.5, 0.6) is 0 Å². The smallest absolute Gasteiger partial charge is 0.326 e. The summed E-state index contributed by atoms with van der Waals surface area (Å²) < 4.78 is 1.21. The van der Waals surface area contributed by atoms with Gasteiger partial charge in [-0.05, 0) is 24.5 Å². The van der Waals surface area contributed by atoms with Crippen LogP contribution in [0.1, 0.15) is 26.3 Å². The number of hydrogen-bond donors (Lipinski definition) is 1. The van der Waals surface area contributed by atoms with Crippen LogP contribution in [-0.4, -0.2) is 20.6 Å². The normalized spacial score (nSPS) is 12.8. The fraction of sp³-hybridized carbons (Fsp3) is 0.357. The Morgan fingerprint density at radius 3 is 2.68 bits per heavy atom. The first-order valence-corrected chi connectivity index (χ1v) is 6.19. The Hall–Kier alpha value is -2.17. The molecule has 0 aliphatic heterocycles. The summed E-state index contributed by atoms with van der Waals surface area (Å²) in [4.78, 5) is 27.8. The molecule has 0 fully saturated rings. The SMILES string of the molecule is CC(C)C[C@@H](C(=O)O)n1cnc2ccccc2c1=O. The minimum Gasteiger partial charge on any atom is -0.480 e. The predicted octanol–water partition coefficient (Wildman–Crippen LogP) is 2.07. The van der Waals surface area contributed by atoms with Gasteiger partial charge in [0.15, 0.2) is 0 Å². The van der Waals surface area contributed by atoms with Crippen LogP contribution in [0.15, 0.2) is 35.4 Å². The van der Waals surface area contributed by atoms with Crippen LogP contribution in [-0.2, 0) is 4.79 Å². The van der Waals surface area contributed by atoms with E-state index in [9.17, 15) is 14.7 Å². The molecular formula is C14H16N2O3. The van der Waals surface area contributed by atoms with Crippen LogP contribution in [0.2, 0.25) is 0 Å². The maximum absolute atomic E-state index is 12.3. The van der Waals surface area contributed by atoms with Gasteiger partial charge in [0.05, 0.1) is 17.2 Å². The van der Waals surface area contributed by atoms with Gasteiger partial charge in [0.25, 0.3) is 5.56 Å². The Balaban J connectivity index is 2.57. The van der Waals surface area contributed by atoms with Gasteiger partial charge in [0.1, 0.15) is 6.04 Å². The van der Waals surface area contributed by atoms with E-state index in [0.717, 1.165) is 0 Å². The number of carboxylic acids is 1. The Labute approximate surface area is 110 Å². The van der Waals surface area contributed by atoms with E-state index in [4.69, 9.17) is 0 Å². The second-order valence-electron chi connectivity index (χ2n) is 4.96. The number of aromatic nitrogens is 2. The van der Waals surface area contributed by atoms with Crippen molar-refractivity contribution in [1.82, 2.24) is 9.55 Å². The van der Waals surface area contributed by atoms with Gasteiger partial charge >= 0.3 is 5.97 Å². The molecule has 0 bridgehead atoms. The van der Waals surface area contributed by atoms with Gasteiger partial charge < -0.3 is 5.11 Å². The van der Waals surface area contributed by atoms with Crippen molar-refractivity contribution >= 4 is 16.9 Å². The third-order valence-electron chi connectivity index (χ3n) is 3.01. The van der Waals surface area contributed by atoms with Crippen molar-refractivity contribution in [2.45, 2.75) is 26.3 Å². The lowest BCUT2D eigenvalue weighted by Gasteiger charge is -2.17. The van der Waals surface area contributed by atoms with Crippen LogP contribution >= 0.6 is 0 Å². The molecule has 19 heavy (non-hydrogen) atoms. The summed E-state index contributed by atoms with van der Waals surface area (Å²) in [6, 6.07) is 6.06. The zero-order valence-corrected chi connectivity index (χ0v) is 10.9. The molecule has 2 rings (SSSR count). The number of rotatable bonds is 4. The number of fused-ring (bicyclic) bond motifs is 1. The van der Waals surface area contributed by atoms with Gasteiger partial charge in [0.2, 0.25) is 0 Å². The standard InChI is InChI=1S/C14H16N2O3/c1-9(2)7-12(14(18)19)16-8-15-11-6-4-3-5-10(11)13(16)17/h3-6,8-9,12H,7H2,1-2H3,(H,18,19)/t12-/m0/s1. The summed E-state index contributed by atoms with van der Waals surface area (Å²) in [5.41, 5.74) is 0.274. The molecule has 0 radical (unpaired) electrons. The molecule has 5 heteroatoms. The Morgan fingerprint density at radius 1 is 1.37 bits per heavy atom. The second-order valence-corrected chi connectivity index (χ2v) is 4.96. The summed E-state index contributed by atoms with van der Waals surface area (Å²) in [5.74, 6) is -0.827. The topological polar surface area (TPSA) is 72.2 Å². The predicted molar refractivity (Wildman–Crippen MR) is 72.1 cm³/mol. The summed E-state index contributed by atoms with van der Waals surface area (Å²) in [6.45, 7) is 3.85. The molecule has 0 aliphatic rings. The van der Waals surface area contributed by atoms with Gasteiger partial charge in [-0.2, -0.15) is 0 Å². The van der Waals surface area contributed by atoms with Gasteiger partial charge in [-0.25, -0.2) is 9.78 Å². The lowest BCUT2D eigenvalue weighted by atomic mass is 10.0. The first kappa shape index (κ1) is 13.3. The average Bonchev–Trinajstić information content (AvgIpc) is 2.37. The highest BCUT2D eigenvalue weighted by Crippen LogP contribution is 2.17. The van der Waals surface area contributed by atoms with Crippen LogP contribution < -0.4 is 5.56 Å². The van der Waals surface area contributed by atoms with Crippen LogP contribution in [0.3, 0.4) is 0 Å². The van der Waals surface area contributed by atoms with Crippen LogP contribution in [0.4, 0.5) is 0 Å². The highest BCUT2D eigenvalue weighted by molar-refractivity contribution is 5.78. The third-order valence-corrected chi connectivity index (χ3v) is 3.01. The van der Waals surface area contributed by atoms with Crippen molar-refractivity contribution in [3.8, 4) is 0 Å². The third kappa shape index (κ3) is 2.65. The Morgan fingerprint density at radius 2 is 2.05 bits per heavy atom. The maximum Gasteiger partial charge on any atom is 0.326 e. The fourth-order valence-corrected chi connectivity index (χ4v) is 2.08. The molecule has 0 aliphatic carbocycles. The molecule has 0 saturated carbocycles. The van der Waals surface area contributed by atoms with E-state index < -0.39 is 12.0 Å². The number of para-hydroxylation sites is 1. The number of nitrogens with zero attached hydrogens (tertiary/aromatic N) is 2. The van der Waals surface area contributed by atoms with Crippen molar-refractivity contribution in [3.05, 3.63) is 40.9 Å². The number of carbonyl (C=O) groups is 1. The summed E-state index contributed by atoms with van der Waals surface area (Å²) in [5, 5.41) is 9.73. The molecule has 1 aromatic heterocycles. The van der Waals surface area contributed by atoms with Crippen molar-refractivity contribution < 1.29 is 9.90 Å². The molecule has 100 valence electrons. The average molecular weight is 260 g/mol. The summed E-state index contributed by atoms with van der Waals surface area (Å²) in [7, 11) is 0. The second kappa shape index (κ2) is 5.22. The van der Waals surface area contributed by atoms with E-state index in [2.05, 4.69) is 4.98 Å². The largest absolute Gasteiger partial charge is 0.480 e. The van der Waals surface area contributed by atoms with E-state index in [0.29, 0.717) is 17.3 Å². The van der Waals surface area contributed by atoms with Gasteiger partial charge in [-0.3, -0.25) is 9.36 Å². The highest BCUT2D eigenvalue weighted by atomic mass is 16.4. The van der Waals surface area contributed by atoms with Crippen molar-refractivity contribution in [3.63, 3.8) is 0 Å². The fourth-order valence-electron chi connectivity index (χ4n) is 2.08. The van der Waals surface area contributed by atoms with Crippen molar-refractivity contribution in [2.75, 3.05) is 0 Å². The molecule has 2 aromatic rings. The van der Waals surface area contributed by atoms with E-state index >= 15 is 0 Å². The monoisotopic (exact) mass is 260 g/mol. The first-order valence-electron chi connectivity index (χ1n) is 6.19. The minimum atomic E-state index is -1.01. The lowest BCUT2D eigenvalue weighted by molar-refractivity contribution is -0.141. The molecule has 0 spiro atoms. The number of aliphatic carboxylic acids is 1. The zero-order chi connectivity index (χ0) is 14.0. The van der Waals surface area contributed by atoms with E-state index in [1.807, 2.05) is 13.8 Å². The summed E-state index contributed by atoms with van der Waals surface area (Å²) in [6.07, 6.45) is 1.72. The molecule has 5 nitrogen and oxygen atoms in total. The summed E-state index contributed by atoms with van der Waals surface area (Å²) >= 11 is 0. The number of benzene rings is 1. The highest BCUT2D eigenvalue weighted by Gasteiger charge is 2.22. The maximum atomic E-state index is 12.3. The lowest BCUT2D eigenvalue weighted by Crippen LogP contribution is -2.31. The number of carboxylic acid groups (broad SMARTS) is 1. The van der Waals surface area contributed by atoms with Crippen LogP contribution in [0, 0.1) is 5.92 Å². The minimum absolute atomic E-state index is 0.180. The molecule has 0 saturated heterocycles. The zero-order valence-electron chi connectivity index (χ0n) is 10.9. The molecule has 0 amide bonds. The van der Waals surface area contributed by atoms with Gasteiger partial charge in [-0.1, -0.05) is 26.0 Å². The molecule has 0 unspecified atom stereocenters. The van der Waals surface area contributed by atoms with E-state index in [-0.39, 0.29) is 11.5 Å². The van der Waals surface area contributed by atoms with Crippen molar-refractivity contribution in [1.29, 1.82) is 0 Å². The Bertz CT molecular complexity index is 661. The Kier molecular flexibility index (Phi) is 3.64. The molecule has 1 atom stereocenters. The van der Waals surface area contributed by atoms with Crippen molar-refractivity contribution in [2.24, 2.45) is 5.92 Å². The van der Waals surface area contributed by atoms with E-state index in [1.54, 1.807) is 24.3 Å². The van der Waals surface area contributed by atoms with Gasteiger partial charge in [-0.15, -0.1) is 0 Å². The quantitative estimate of drug-likeness (QED) is 0.913. The van der Waals surface area contributed by atoms with Crippen LogP contribution in [0.25, 0.3) is 10.9 Å². The molecule has 1 aromatic carbocycles. The molecular weight excluding hydrogens is 244 g/mol. The number of hydrogen-bond acceptors (Lipinski definition) is 3. The molecule has 1 heterocycles. The van der Waals surface area contributed by atoms with E-state index in [1.165, 1.54) is 10.9 Å².